The summed E-state index contributed by atoms with van der Waals surface area (Å²) in [6.07, 6.45) is 0.187. The lowest BCUT2D eigenvalue weighted by atomic mass is 10.0. The van der Waals surface area contributed by atoms with Gasteiger partial charge >= 0.3 is 12.2 Å². The summed E-state index contributed by atoms with van der Waals surface area (Å²) in [6.45, 7) is 4.95. The predicted octanol–water partition coefficient (Wildman–Crippen LogP) is 5.09. The van der Waals surface area contributed by atoms with Crippen molar-refractivity contribution in [2.75, 3.05) is 11.4 Å². The molecule has 3 aromatic rings. The number of carbonyl (C=O) groups excluding carboxylic acids is 2. The third kappa shape index (κ3) is 4.87. The molecule has 3 amide bonds. The SMILES string of the molecule is Cc1cc(-c2cn(CC=CCN3C(=O)N(c4ccc(C#N)c(C(F)(F)F)c4)C(=O)C3(C)C)nn2)ccc1F. The quantitative estimate of drug-likeness (QED) is 0.253. The molecule has 1 aliphatic rings. The third-order valence-electron chi connectivity index (χ3n) is 6.25. The zero-order chi connectivity index (χ0) is 27.8. The number of benzene rings is 2. The number of aromatic nitrogens is 3. The second-order valence-corrected chi connectivity index (χ2v) is 9.19. The Morgan fingerprint density at radius 2 is 1.79 bits per heavy atom. The molecule has 38 heavy (non-hydrogen) atoms. The summed E-state index contributed by atoms with van der Waals surface area (Å²) in [5.74, 6) is -1.01. The molecule has 2 aromatic carbocycles. The Morgan fingerprint density at radius 3 is 2.45 bits per heavy atom. The highest BCUT2D eigenvalue weighted by Gasteiger charge is 2.51. The first-order valence-electron chi connectivity index (χ1n) is 11.4. The summed E-state index contributed by atoms with van der Waals surface area (Å²) in [6, 6.07) is 8.02. The van der Waals surface area contributed by atoms with Gasteiger partial charge in [-0.05, 0) is 62.7 Å². The van der Waals surface area contributed by atoms with Gasteiger partial charge in [0.05, 0.1) is 35.6 Å². The Hall–Kier alpha value is -4.53. The van der Waals surface area contributed by atoms with Gasteiger partial charge in [0, 0.05) is 12.1 Å². The van der Waals surface area contributed by atoms with Crippen LogP contribution in [0, 0.1) is 24.1 Å². The van der Waals surface area contributed by atoms with Gasteiger partial charge in [-0.15, -0.1) is 5.10 Å². The van der Waals surface area contributed by atoms with E-state index in [4.69, 9.17) is 5.26 Å². The Morgan fingerprint density at radius 1 is 1.08 bits per heavy atom. The Labute approximate surface area is 215 Å². The van der Waals surface area contributed by atoms with Crippen molar-refractivity contribution in [3.05, 3.63) is 77.3 Å². The first kappa shape index (κ1) is 26.5. The van der Waals surface area contributed by atoms with Crippen molar-refractivity contribution in [1.29, 1.82) is 5.26 Å². The second-order valence-electron chi connectivity index (χ2n) is 9.19. The highest BCUT2D eigenvalue weighted by Crippen LogP contribution is 2.37. The molecule has 1 fully saturated rings. The Bertz CT molecular complexity index is 1490. The molecule has 8 nitrogen and oxygen atoms in total. The average Bonchev–Trinajstić information content (AvgIpc) is 3.39. The molecule has 1 aromatic heterocycles. The van der Waals surface area contributed by atoms with Crippen LogP contribution in [0.4, 0.5) is 28.0 Å². The zero-order valence-corrected chi connectivity index (χ0v) is 20.6. The number of carbonyl (C=O) groups is 2. The topological polar surface area (TPSA) is 95.1 Å². The number of halogens is 4. The molecular weight excluding hydrogens is 504 g/mol. The van der Waals surface area contributed by atoms with Crippen LogP contribution in [-0.4, -0.2) is 43.9 Å². The second kappa shape index (κ2) is 9.74. The molecule has 0 saturated carbocycles. The molecule has 0 radical (unpaired) electrons. The first-order valence-corrected chi connectivity index (χ1v) is 11.4. The number of nitrogens with zero attached hydrogens (tertiary/aromatic N) is 6. The zero-order valence-electron chi connectivity index (χ0n) is 20.6. The number of anilines is 1. The van der Waals surface area contributed by atoms with E-state index in [0.717, 1.165) is 12.1 Å². The van der Waals surface area contributed by atoms with Crippen LogP contribution in [0.25, 0.3) is 11.3 Å². The van der Waals surface area contributed by atoms with Gasteiger partial charge in [-0.2, -0.15) is 18.4 Å². The molecule has 0 spiro atoms. The van der Waals surface area contributed by atoms with Crippen molar-refractivity contribution in [1.82, 2.24) is 19.9 Å². The molecule has 0 N–H and O–H groups in total. The van der Waals surface area contributed by atoms with E-state index in [2.05, 4.69) is 10.3 Å². The van der Waals surface area contributed by atoms with Crippen LogP contribution >= 0.6 is 0 Å². The number of urea groups is 1. The number of allylic oxidation sites excluding steroid dienone is 1. The number of rotatable bonds is 6. The maximum Gasteiger partial charge on any atom is 0.417 e. The van der Waals surface area contributed by atoms with Crippen molar-refractivity contribution in [3.8, 4) is 17.3 Å². The Balaban J connectivity index is 1.48. The highest BCUT2D eigenvalue weighted by molar-refractivity contribution is 6.23. The van der Waals surface area contributed by atoms with Crippen molar-refractivity contribution >= 4 is 17.6 Å². The molecule has 2 heterocycles. The van der Waals surface area contributed by atoms with Crippen LogP contribution in [0.15, 0.2) is 54.7 Å². The van der Waals surface area contributed by atoms with Crippen LogP contribution in [-0.2, 0) is 17.5 Å². The van der Waals surface area contributed by atoms with Gasteiger partial charge < -0.3 is 4.90 Å². The fourth-order valence-electron chi connectivity index (χ4n) is 4.06. The number of aryl methyl sites for hydroxylation is 1. The van der Waals surface area contributed by atoms with Crippen molar-refractivity contribution in [2.24, 2.45) is 0 Å². The van der Waals surface area contributed by atoms with Crippen molar-refractivity contribution in [3.63, 3.8) is 0 Å². The van der Waals surface area contributed by atoms with Gasteiger partial charge in [0.1, 0.15) is 17.1 Å². The number of hydrogen-bond donors (Lipinski definition) is 0. The van der Waals surface area contributed by atoms with E-state index in [0.29, 0.717) is 27.8 Å². The number of alkyl halides is 3. The van der Waals surface area contributed by atoms with E-state index < -0.39 is 34.8 Å². The van der Waals surface area contributed by atoms with E-state index in [1.54, 1.807) is 37.4 Å². The first-order chi connectivity index (χ1) is 17.8. The standard InChI is InChI=1S/C26H22F4N6O2/c1-16-12-17(7-9-21(16)27)22-15-34(33-32-22)10-4-5-11-35-24(38)36(23(37)25(35,2)3)19-8-6-18(14-31)20(13-19)26(28,29)30/h4-9,12-13,15H,10-11H2,1-3H3. The molecule has 1 saturated heterocycles. The van der Waals surface area contributed by atoms with Gasteiger partial charge in [0.2, 0.25) is 0 Å². The number of nitriles is 1. The maximum absolute atomic E-state index is 13.5. The fraction of sp³-hybridized carbons (Fsp3) is 0.269. The van der Waals surface area contributed by atoms with Crippen molar-refractivity contribution in [2.45, 2.75) is 39.0 Å². The predicted molar refractivity (Wildman–Crippen MR) is 129 cm³/mol. The monoisotopic (exact) mass is 526 g/mol. The average molecular weight is 526 g/mol. The lowest BCUT2D eigenvalue weighted by Crippen LogP contribution is -2.44. The molecule has 4 rings (SSSR count). The minimum absolute atomic E-state index is 0.00912. The summed E-state index contributed by atoms with van der Waals surface area (Å²) in [4.78, 5) is 28.1. The van der Waals surface area contributed by atoms with E-state index in [1.807, 2.05) is 0 Å². The van der Waals surface area contributed by atoms with Gasteiger partial charge in [-0.3, -0.25) is 4.79 Å². The lowest BCUT2D eigenvalue weighted by Gasteiger charge is -2.26. The molecule has 0 bridgehead atoms. The number of imide groups is 1. The molecular formula is C26H22F4N6O2. The summed E-state index contributed by atoms with van der Waals surface area (Å²) in [5.41, 5.74) is -1.68. The smallest absolute Gasteiger partial charge is 0.306 e. The highest BCUT2D eigenvalue weighted by atomic mass is 19.4. The number of hydrogen-bond acceptors (Lipinski definition) is 5. The van der Waals surface area contributed by atoms with E-state index in [1.165, 1.54) is 35.6 Å². The maximum atomic E-state index is 13.5. The minimum Gasteiger partial charge on any atom is -0.306 e. The van der Waals surface area contributed by atoms with E-state index in [-0.39, 0.29) is 24.6 Å². The summed E-state index contributed by atoms with van der Waals surface area (Å²) < 4.78 is 55.3. The molecule has 196 valence electrons. The summed E-state index contributed by atoms with van der Waals surface area (Å²) >= 11 is 0. The van der Waals surface area contributed by atoms with Crippen LogP contribution in [0.5, 0.6) is 0 Å². The van der Waals surface area contributed by atoms with Crippen LogP contribution in [0.3, 0.4) is 0 Å². The number of amides is 3. The Kier molecular flexibility index (Phi) is 6.80. The van der Waals surface area contributed by atoms with E-state index in [9.17, 15) is 27.2 Å². The normalized spacial score (nSPS) is 15.5. The molecule has 0 unspecified atom stereocenters. The van der Waals surface area contributed by atoms with Gasteiger partial charge in [0.15, 0.2) is 0 Å². The van der Waals surface area contributed by atoms with Crippen LogP contribution in [0.2, 0.25) is 0 Å². The van der Waals surface area contributed by atoms with Gasteiger partial charge in [-0.1, -0.05) is 17.4 Å². The largest absolute Gasteiger partial charge is 0.417 e. The lowest BCUT2D eigenvalue weighted by molar-refractivity contribution is -0.137. The van der Waals surface area contributed by atoms with Crippen LogP contribution in [0.1, 0.15) is 30.5 Å². The summed E-state index contributed by atoms with van der Waals surface area (Å²) in [5, 5.41) is 17.1. The third-order valence-corrected chi connectivity index (χ3v) is 6.25. The molecule has 0 atom stereocenters. The van der Waals surface area contributed by atoms with Crippen LogP contribution < -0.4 is 4.90 Å². The molecule has 12 heteroatoms. The molecule has 1 aliphatic heterocycles. The molecule has 0 aliphatic carbocycles. The van der Waals surface area contributed by atoms with E-state index >= 15 is 0 Å². The summed E-state index contributed by atoms with van der Waals surface area (Å²) in [7, 11) is 0. The van der Waals surface area contributed by atoms with Crippen molar-refractivity contribution < 1.29 is 27.2 Å². The fourth-order valence-corrected chi connectivity index (χ4v) is 4.06. The minimum atomic E-state index is -4.83. The van der Waals surface area contributed by atoms with Gasteiger partial charge in [-0.25, -0.2) is 18.8 Å². The van der Waals surface area contributed by atoms with Gasteiger partial charge in [0.25, 0.3) is 5.91 Å².